The predicted molar refractivity (Wildman–Crippen MR) is 92.8 cm³/mol. The molecule has 2 amide bonds. The van der Waals surface area contributed by atoms with Gasteiger partial charge >= 0.3 is 6.03 Å². The summed E-state index contributed by atoms with van der Waals surface area (Å²) in [6, 6.07) is 7.92. The van der Waals surface area contributed by atoms with E-state index in [2.05, 4.69) is 16.4 Å². The molecule has 1 aromatic carbocycles. The van der Waals surface area contributed by atoms with Gasteiger partial charge in [0, 0.05) is 13.7 Å². The second-order valence-corrected chi connectivity index (χ2v) is 7.16. The number of thiazole rings is 1. The smallest absolute Gasteiger partial charge is 0.318 e. The maximum Gasteiger partial charge on any atom is 0.318 e. The van der Waals surface area contributed by atoms with Gasteiger partial charge in [0.15, 0.2) is 0 Å². The molecule has 0 bridgehead atoms. The first kappa shape index (κ1) is 16.2. The summed E-state index contributed by atoms with van der Waals surface area (Å²) in [6.07, 6.45) is 2.21. The van der Waals surface area contributed by atoms with Crippen LogP contribution in [-0.2, 0) is 4.74 Å². The zero-order valence-electron chi connectivity index (χ0n) is 13.8. The minimum absolute atomic E-state index is 0.0232. The molecule has 6 heteroatoms. The van der Waals surface area contributed by atoms with Crippen LogP contribution in [0, 0.1) is 0 Å². The van der Waals surface area contributed by atoms with Gasteiger partial charge in [-0.05, 0) is 38.8 Å². The first-order chi connectivity index (χ1) is 11.1. The molecule has 3 atom stereocenters. The normalized spacial score (nSPS) is 20.4. The van der Waals surface area contributed by atoms with E-state index in [9.17, 15) is 4.79 Å². The van der Waals surface area contributed by atoms with Crippen LogP contribution in [0.25, 0.3) is 10.2 Å². The number of hydrogen-bond donors (Lipinski definition) is 1. The zero-order chi connectivity index (χ0) is 16.4. The van der Waals surface area contributed by atoms with E-state index in [1.165, 1.54) is 0 Å². The molecule has 1 aliphatic rings. The highest BCUT2D eigenvalue weighted by Crippen LogP contribution is 2.28. The molecule has 1 saturated heterocycles. The van der Waals surface area contributed by atoms with E-state index in [0.29, 0.717) is 0 Å². The van der Waals surface area contributed by atoms with Crippen LogP contribution in [0.3, 0.4) is 0 Å². The van der Waals surface area contributed by atoms with Crippen molar-refractivity contribution in [3.05, 3.63) is 29.3 Å². The van der Waals surface area contributed by atoms with E-state index in [1.807, 2.05) is 39.1 Å². The van der Waals surface area contributed by atoms with Gasteiger partial charge in [-0.1, -0.05) is 12.1 Å². The molecule has 3 unspecified atom stereocenters. The van der Waals surface area contributed by atoms with Gasteiger partial charge in [0.05, 0.1) is 28.4 Å². The minimum Gasteiger partial charge on any atom is -0.376 e. The van der Waals surface area contributed by atoms with E-state index in [1.54, 1.807) is 16.2 Å². The second-order valence-electron chi connectivity index (χ2n) is 6.10. The Morgan fingerprint density at radius 1 is 1.43 bits per heavy atom. The van der Waals surface area contributed by atoms with E-state index in [0.717, 1.165) is 34.7 Å². The highest BCUT2D eigenvalue weighted by Gasteiger charge is 2.27. The summed E-state index contributed by atoms with van der Waals surface area (Å²) in [5.74, 6) is 0. The van der Waals surface area contributed by atoms with E-state index < -0.39 is 0 Å². The number of amides is 2. The van der Waals surface area contributed by atoms with E-state index in [-0.39, 0.29) is 24.2 Å². The van der Waals surface area contributed by atoms with Gasteiger partial charge in [-0.3, -0.25) is 0 Å². The van der Waals surface area contributed by atoms with Crippen LogP contribution < -0.4 is 5.32 Å². The van der Waals surface area contributed by atoms with E-state index >= 15 is 0 Å². The first-order valence-electron chi connectivity index (χ1n) is 8.06. The Kier molecular flexibility index (Phi) is 4.82. The molecule has 1 aromatic heterocycles. The van der Waals surface area contributed by atoms with Crippen LogP contribution in [0.4, 0.5) is 4.79 Å². The van der Waals surface area contributed by atoms with Gasteiger partial charge in [0.1, 0.15) is 5.01 Å². The lowest BCUT2D eigenvalue weighted by Crippen LogP contribution is -2.47. The zero-order valence-corrected chi connectivity index (χ0v) is 14.6. The fourth-order valence-electron chi connectivity index (χ4n) is 2.80. The number of aromatic nitrogens is 1. The van der Waals surface area contributed by atoms with Crippen molar-refractivity contribution in [2.75, 3.05) is 13.7 Å². The van der Waals surface area contributed by atoms with Crippen molar-refractivity contribution in [3.8, 4) is 0 Å². The molecule has 2 aromatic rings. The second kappa shape index (κ2) is 6.84. The third kappa shape index (κ3) is 3.48. The number of carbonyl (C=O) groups excluding carboxylic acids is 1. The molecule has 0 radical (unpaired) electrons. The quantitative estimate of drug-likeness (QED) is 0.930. The van der Waals surface area contributed by atoms with Crippen molar-refractivity contribution < 1.29 is 9.53 Å². The molecule has 5 nitrogen and oxygen atoms in total. The Bertz CT molecular complexity index is 648. The molecule has 124 valence electrons. The lowest BCUT2D eigenvalue weighted by molar-refractivity contribution is 0.0830. The van der Waals surface area contributed by atoms with Crippen LogP contribution in [0.15, 0.2) is 24.3 Å². The molecule has 2 heterocycles. The Hall–Kier alpha value is -1.66. The molecule has 1 fully saturated rings. The van der Waals surface area contributed by atoms with Crippen molar-refractivity contribution in [1.29, 1.82) is 0 Å². The maximum absolute atomic E-state index is 12.5. The van der Waals surface area contributed by atoms with Crippen LogP contribution in [0.1, 0.15) is 37.7 Å². The van der Waals surface area contributed by atoms with Crippen molar-refractivity contribution in [2.24, 2.45) is 0 Å². The minimum atomic E-state index is -0.0836. The number of rotatable bonds is 4. The number of carbonyl (C=O) groups is 1. The Morgan fingerprint density at radius 3 is 2.91 bits per heavy atom. The molecule has 0 saturated carbocycles. The summed E-state index contributed by atoms with van der Waals surface area (Å²) in [5, 5.41) is 4.00. The highest BCUT2D eigenvalue weighted by atomic mass is 32.1. The first-order valence-corrected chi connectivity index (χ1v) is 8.88. The number of hydrogen-bond acceptors (Lipinski definition) is 4. The summed E-state index contributed by atoms with van der Waals surface area (Å²) in [7, 11) is 1.81. The predicted octanol–water partition coefficient (Wildman–Crippen LogP) is 3.57. The number of para-hydroxylation sites is 1. The maximum atomic E-state index is 12.5. The fraction of sp³-hybridized carbons (Fsp3) is 0.529. The number of nitrogens with one attached hydrogen (secondary N) is 1. The summed E-state index contributed by atoms with van der Waals surface area (Å²) in [4.78, 5) is 18.8. The molecule has 23 heavy (non-hydrogen) atoms. The van der Waals surface area contributed by atoms with E-state index in [4.69, 9.17) is 4.74 Å². The third-order valence-corrected chi connectivity index (χ3v) is 5.65. The summed E-state index contributed by atoms with van der Waals surface area (Å²) >= 11 is 1.64. The standard InChI is InChI=1S/C17H23N3O2S/c1-11(14-8-6-10-22-14)18-17(21)20(3)12(2)16-19-13-7-4-5-9-15(13)23-16/h4-5,7,9,11-12,14H,6,8,10H2,1-3H3,(H,18,21). The SMILES string of the molecule is CC(NC(=O)N(C)C(C)c1nc2ccccc2s1)C1CCCO1. The fourth-order valence-corrected chi connectivity index (χ4v) is 3.86. The van der Waals surface area contributed by atoms with Crippen molar-refractivity contribution in [2.45, 2.75) is 44.9 Å². The Morgan fingerprint density at radius 2 is 2.22 bits per heavy atom. The van der Waals surface area contributed by atoms with Gasteiger partial charge in [0.2, 0.25) is 0 Å². The average molecular weight is 333 g/mol. The van der Waals surface area contributed by atoms with Gasteiger partial charge in [0.25, 0.3) is 0 Å². The largest absolute Gasteiger partial charge is 0.376 e. The number of ether oxygens (including phenoxy) is 1. The van der Waals surface area contributed by atoms with Gasteiger partial charge < -0.3 is 15.0 Å². The molecule has 0 aliphatic carbocycles. The topological polar surface area (TPSA) is 54.5 Å². The van der Waals surface area contributed by atoms with Crippen molar-refractivity contribution in [3.63, 3.8) is 0 Å². The number of nitrogens with zero attached hydrogens (tertiary/aromatic N) is 2. The van der Waals surface area contributed by atoms with Crippen LogP contribution in [0.2, 0.25) is 0 Å². The third-order valence-electron chi connectivity index (χ3n) is 4.44. The number of fused-ring (bicyclic) bond motifs is 1. The Labute approximate surface area is 140 Å². The average Bonchev–Trinajstić information content (AvgIpc) is 3.22. The van der Waals surface area contributed by atoms with Gasteiger partial charge in [-0.25, -0.2) is 9.78 Å². The molecule has 0 spiro atoms. The number of urea groups is 1. The van der Waals surface area contributed by atoms with Crippen LogP contribution in [0.5, 0.6) is 0 Å². The van der Waals surface area contributed by atoms with Crippen LogP contribution in [-0.4, -0.2) is 41.7 Å². The molecule has 1 N–H and O–H groups in total. The van der Waals surface area contributed by atoms with Gasteiger partial charge in [-0.2, -0.15) is 0 Å². The summed E-state index contributed by atoms with van der Waals surface area (Å²) in [6.45, 7) is 4.81. The summed E-state index contributed by atoms with van der Waals surface area (Å²) in [5.41, 5.74) is 0.987. The number of benzene rings is 1. The lowest BCUT2D eigenvalue weighted by Gasteiger charge is -2.27. The molecular weight excluding hydrogens is 310 g/mol. The molecule has 3 rings (SSSR count). The van der Waals surface area contributed by atoms with Crippen molar-refractivity contribution in [1.82, 2.24) is 15.2 Å². The van der Waals surface area contributed by atoms with Crippen molar-refractivity contribution >= 4 is 27.6 Å². The van der Waals surface area contributed by atoms with Gasteiger partial charge in [-0.15, -0.1) is 11.3 Å². The molecular formula is C17H23N3O2S. The monoisotopic (exact) mass is 333 g/mol. The highest BCUT2D eigenvalue weighted by molar-refractivity contribution is 7.18. The Balaban J connectivity index is 1.65. The lowest BCUT2D eigenvalue weighted by atomic mass is 10.1. The summed E-state index contributed by atoms with van der Waals surface area (Å²) < 4.78 is 6.79. The van der Waals surface area contributed by atoms with Crippen LogP contribution >= 0.6 is 11.3 Å². The molecule has 1 aliphatic heterocycles.